The maximum absolute atomic E-state index is 10.4. The van der Waals surface area contributed by atoms with Crippen molar-refractivity contribution in [3.8, 4) is 0 Å². The van der Waals surface area contributed by atoms with E-state index in [9.17, 15) is 4.91 Å². The van der Waals surface area contributed by atoms with Gasteiger partial charge in [-0.15, -0.1) is 4.91 Å². The minimum atomic E-state index is 0.741. The molecular formula is C13H19NO. The molecule has 0 aromatic carbocycles. The molecule has 3 atom stereocenters. The van der Waals surface area contributed by atoms with Gasteiger partial charge < -0.3 is 0 Å². The Labute approximate surface area is 91.4 Å². The molecule has 0 saturated heterocycles. The van der Waals surface area contributed by atoms with Gasteiger partial charge in [-0.05, 0) is 55.0 Å². The van der Waals surface area contributed by atoms with E-state index < -0.39 is 0 Å². The van der Waals surface area contributed by atoms with Crippen molar-refractivity contribution in [3.63, 3.8) is 0 Å². The predicted molar refractivity (Wildman–Crippen MR) is 62.2 cm³/mol. The minimum Gasteiger partial charge on any atom is -0.145 e. The number of hydrogen-bond donors (Lipinski definition) is 0. The van der Waals surface area contributed by atoms with Gasteiger partial charge in [0.1, 0.15) is 0 Å². The number of allylic oxidation sites excluding steroid dienone is 4. The average molecular weight is 205 g/mol. The molecule has 0 spiro atoms. The first-order valence-corrected chi connectivity index (χ1v) is 6.00. The molecule has 15 heavy (non-hydrogen) atoms. The SMILES string of the molecule is CC1C=CC(C2CC=C(N=O)CC2)CC1. The molecule has 2 aliphatic rings. The molecule has 0 bridgehead atoms. The molecule has 0 radical (unpaired) electrons. The monoisotopic (exact) mass is 205 g/mol. The molecule has 0 saturated carbocycles. The molecule has 2 rings (SSSR count). The van der Waals surface area contributed by atoms with Gasteiger partial charge in [0, 0.05) is 0 Å². The molecule has 0 heterocycles. The van der Waals surface area contributed by atoms with Crippen LogP contribution < -0.4 is 0 Å². The smallest absolute Gasteiger partial charge is 0.0809 e. The largest absolute Gasteiger partial charge is 0.145 e. The lowest BCUT2D eigenvalue weighted by Crippen LogP contribution is -2.18. The molecule has 2 aliphatic carbocycles. The van der Waals surface area contributed by atoms with Crippen LogP contribution >= 0.6 is 0 Å². The van der Waals surface area contributed by atoms with E-state index in [0.717, 1.165) is 42.7 Å². The first-order chi connectivity index (χ1) is 7.29. The standard InChI is InChI=1S/C13H19NO/c1-10-2-4-11(5-3-10)12-6-8-13(14-15)9-7-12/h2,4,8,10-12H,3,5-7,9H2,1H3. The lowest BCUT2D eigenvalue weighted by Gasteiger charge is -2.29. The van der Waals surface area contributed by atoms with Gasteiger partial charge in [0.2, 0.25) is 0 Å². The van der Waals surface area contributed by atoms with E-state index in [1.165, 1.54) is 12.8 Å². The van der Waals surface area contributed by atoms with Gasteiger partial charge >= 0.3 is 0 Å². The molecule has 0 amide bonds. The summed E-state index contributed by atoms with van der Waals surface area (Å²) in [5.74, 6) is 2.25. The molecule has 3 unspecified atom stereocenters. The summed E-state index contributed by atoms with van der Waals surface area (Å²) in [6.07, 6.45) is 12.5. The van der Waals surface area contributed by atoms with Crippen LogP contribution in [0.15, 0.2) is 29.1 Å². The number of rotatable bonds is 2. The van der Waals surface area contributed by atoms with Crippen LogP contribution in [-0.4, -0.2) is 0 Å². The highest BCUT2D eigenvalue weighted by atomic mass is 16.3. The summed E-state index contributed by atoms with van der Waals surface area (Å²) in [5.41, 5.74) is 0.763. The second-order valence-electron chi connectivity index (χ2n) is 4.92. The molecule has 0 aromatic rings. The van der Waals surface area contributed by atoms with E-state index in [2.05, 4.69) is 24.3 Å². The Balaban J connectivity index is 1.94. The van der Waals surface area contributed by atoms with Crippen molar-refractivity contribution in [2.24, 2.45) is 22.9 Å². The third-order valence-electron chi connectivity index (χ3n) is 3.79. The Morgan fingerprint density at radius 3 is 2.67 bits per heavy atom. The highest BCUT2D eigenvalue weighted by Crippen LogP contribution is 2.36. The fourth-order valence-corrected chi connectivity index (χ4v) is 2.69. The predicted octanol–water partition coefficient (Wildman–Crippen LogP) is 4.04. The molecular weight excluding hydrogens is 186 g/mol. The van der Waals surface area contributed by atoms with Crippen LogP contribution in [0.1, 0.15) is 39.0 Å². The third-order valence-corrected chi connectivity index (χ3v) is 3.79. The topological polar surface area (TPSA) is 29.4 Å². The number of hydrogen-bond acceptors (Lipinski definition) is 2. The minimum absolute atomic E-state index is 0.741. The first-order valence-electron chi connectivity index (χ1n) is 6.00. The maximum Gasteiger partial charge on any atom is 0.0809 e. The quantitative estimate of drug-likeness (QED) is 0.494. The van der Waals surface area contributed by atoms with Gasteiger partial charge in [0.25, 0.3) is 0 Å². The van der Waals surface area contributed by atoms with Gasteiger partial charge in [-0.1, -0.05) is 25.2 Å². The average Bonchev–Trinajstić information content (AvgIpc) is 2.30. The van der Waals surface area contributed by atoms with Gasteiger partial charge in [0.05, 0.1) is 5.70 Å². The third kappa shape index (κ3) is 2.55. The second kappa shape index (κ2) is 4.73. The Morgan fingerprint density at radius 1 is 1.27 bits per heavy atom. The molecule has 0 aromatic heterocycles. The lowest BCUT2D eigenvalue weighted by atomic mass is 9.76. The van der Waals surface area contributed by atoms with E-state index in [-0.39, 0.29) is 0 Å². The number of nitrogens with zero attached hydrogens (tertiary/aromatic N) is 1. The summed E-state index contributed by atoms with van der Waals surface area (Å²) in [7, 11) is 0. The summed E-state index contributed by atoms with van der Waals surface area (Å²) in [5, 5.41) is 3.03. The van der Waals surface area contributed by atoms with Crippen LogP contribution in [0.2, 0.25) is 0 Å². The van der Waals surface area contributed by atoms with Crippen LogP contribution in [0.5, 0.6) is 0 Å². The van der Waals surface area contributed by atoms with E-state index in [1.54, 1.807) is 0 Å². The van der Waals surface area contributed by atoms with E-state index in [4.69, 9.17) is 0 Å². The van der Waals surface area contributed by atoms with Crippen LogP contribution in [0, 0.1) is 22.7 Å². The van der Waals surface area contributed by atoms with Gasteiger partial charge in [0.15, 0.2) is 0 Å². The summed E-state index contributed by atoms with van der Waals surface area (Å²) in [6, 6.07) is 0. The normalized spacial score (nSPS) is 36.1. The summed E-state index contributed by atoms with van der Waals surface area (Å²) < 4.78 is 0. The van der Waals surface area contributed by atoms with Crippen molar-refractivity contribution in [2.75, 3.05) is 0 Å². The van der Waals surface area contributed by atoms with Crippen LogP contribution in [0.4, 0.5) is 0 Å². The summed E-state index contributed by atoms with van der Waals surface area (Å²) in [4.78, 5) is 10.4. The van der Waals surface area contributed by atoms with Crippen molar-refractivity contribution in [3.05, 3.63) is 28.8 Å². The fourth-order valence-electron chi connectivity index (χ4n) is 2.69. The highest BCUT2D eigenvalue weighted by molar-refractivity contribution is 5.08. The van der Waals surface area contributed by atoms with Gasteiger partial charge in [-0.3, -0.25) is 0 Å². The van der Waals surface area contributed by atoms with Crippen LogP contribution in [-0.2, 0) is 0 Å². The van der Waals surface area contributed by atoms with E-state index >= 15 is 0 Å². The van der Waals surface area contributed by atoms with E-state index in [1.807, 2.05) is 6.08 Å². The zero-order chi connectivity index (χ0) is 10.7. The van der Waals surface area contributed by atoms with Crippen molar-refractivity contribution < 1.29 is 0 Å². The molecule has 2 nitrogen and oxygen atoms in total. The molecule has 82 valence electrons. The first kappa shape index (κ1) is 10.6. The lowest BCUT2D eigenvalue weighted by molar-refractivity contribution is 0.313. The Hall–Kier alpha value is -0.920. The zero-order valence-electron chi connectivity index (χ0n) is 9.36. The molecule has 0 fully saturated rings. The second-order valence-corrected chi connectivity index (χ2v) is 4.92. The number of nitroso groups, excluding NO2 is 1. The van der Waals surface area contributed by atoms with Crippen molar-refractivity contribution in [1.82, 2.24) is 0 Å². The summed E-state index contributed by atoms with van der Waals surface area (Å²) in [6.45, 7) is 2.28. The molecule has 2 heteroatoms. The fraction of sp³-hybridized carbons (Fsp3) is 0.692. The van der Waals surface area contributed by atoms with Gasteiger partial charge in [-0.25, -0.2) is 0 Å². The van der Waals surface area contributed by atoms with Gasteiger partial charge in [-0.2, -0.15) is 0 Å². The van der Waals surface area contributed by atoms with Crippen molar-refractivity contribution >= 4 is 0 Å². The van der Waals surface area contributed by atoms with Crippen LogP contribution in [0.25, 0.3) is 0 Å². The van der Waals surface area contributed by atoms with Crippen LogP contribution in [0.3, 0.4) is 0 Å². The Morgan fingerprint density at radius 2 is 2.13 bits per heavy atom. The molecule has 0 aliphatic heterocycles. The highest BCUT2D eigenvalue weighted by Gasteiger charge is 2.24. The van der Waals surface area contributed by atoms with E-state index in [0.29, 0.717) is 0 Å². The Kier molecular flexibility index (Phi) is 3.34. The zero-order valence-corrected chi connectivity index (χ0v) is 9.36. The van der Waals surface area contributed by atoms with Crippen molar-refractivity contribution in [2.45, 2.75) is 39.0 Å². The van der Waals surface area contributed by atoms with Crippen molar-refractivity contribution in [1.29, 1.82) is 0 Å². The molecule has 0 N–H and O–H groups in total. The summed E-state index contributed by atoms with van der Waals surface area (Å²) >= 11 is 0. The Bertz CT molecular complexity index is 293. The maximum atomic E-state index is 10.4.